The van der Waals surface area contributed by atoms with E-state index in [1.54, 1.807) is 18.3 Å². The molecule has 1 aromatic heterocycles. The summed E-state index contributed by atoms with van der Waals surface area (Å²) in [5.74, 6) is -0.946. The molecule has 0 aliphatic rings. The standard InChI is InChI=1S/C17H12N2O2/c18-9-12-5-1-2-6-13(12)10-19-11-15(17(20)21)14-7-3-4-8-16(14)19/h1-8,11H,10H2,(H,20,21). The van der Waals surface area contributed by atoms with Crippen molar-refractivity contribution in [3.8, 4) is 6.07 Å². The van der Waals surface area contributed by atoms with Crippen LogP contribution in [0.3, 0.4) is 0 Å². The van der Waals surface area contributed by atoms with Crippen molar-refractivity contribution in [2.45, 2.75) is 6.54 Å². The van der Waals surface area contributed by atoms with E-state index in [4.69, 9.17) is 5.26 Å². The van der Waals surface area contributed by atoms with E-state index in [0.29, 0.717) is 17.5 Å². The number of nitriles is 1. The zero-order valence-electron chi connectivity index (χ0n) is 11.2. The van der Waals surface area contributed by atoms with Crippen molar-refractivity contribution in [1.29, 1.82) is 5.26 Å². The van der Waals surface area contributed by atoms with Gasteiger partial charge in [-0.2, -0.15) is 5.26 Å². The molecule has 0 amide bonds. The molecule has 0 aliphatic heterocycles. The van der Waals surface area contributed by atoms with Crippen molar-refractivity contribution in [2.75, 3.05) is 0 Å². The zero-order chi connectivity index (χ0) is 14.8. The SMILES string of the molecule is N#Cc1ccccc1Cn1cc(C(=O)O)c2ccccc21. The Morgan fingerprint density at radius 1 is 1.14 bits per heavy atom. The molecule has 1 heterocycles. The van der Waals surface area contributed by atoms with Gasteiger partial charge in [-0.1, -0.05) is 36.4 Å². The summed E-state index contributed by atoms with van der Waals surface area (Å²) in [7, 11) is 0. The second-order valence-electron chi connectivity index (χ2n) is 4.76. The van der Waals surface area contributed by atoms with Crippen LogP contribution in [0.25, 0.3) is 10.9 Å². The monoisotopic (exact) mass is 276 g/mol. The Bertz CT molecular complexity index is 872. The van der Waals surface area contributed by atoms with Crippen LogP contribution in [0.2, 0.25) is 0 Å². The van der Waals surface area contributed by atoms with Crippen LogP contribution in [0.15, 0.2) is 54.7 Å². The molecule has 0 atom stereocenters. The first kappa shape index (κ1) is 12.9. The first-order valence-corrected chi connectivity index (χ1v) is 6.50. The third-order valence-corrected chi connectivity index (χ3v) is 3.50. The Labute approximate surface area is 121 Å². The summed E-state index contributed by atoms with van der Waals surface area (Å²) >= 11 is 0. The van der Waals surface area contributed by atoms with Gasteiger partial charge >= 0.3 is 5.97 Å². The van der Waals surface area contributed by atoms with Crippen molar-refractivity contribution in [3.05, 3.63) is 71.4 Å². The molecule has 21 heavy (non-hydrogen) atoms. The van der Waals surface area contributed by atoms with Gasteiger partial charge in [0.25, 0.3) is 0 Å². The van der Waals surface area contributed by atoms with Crippen molar-refractivity contribution in [1.82, 2.24) is 4.57 Å². The Balaban J connectivity index is 2.14. The third kappa shape index (κ3) is 2.26. The molecule has 0 saturated carbocycles. The van der Waals surface area contributed by atoms with Crippen molar-refractivity contribution < 1.29 is 9.90 Å². The van der Waals surface area contributed by atoms with E-state index in [9.17, 15) is 9.90 Å². The number of hydrogen-bond acceptors (Lipinski definition) is 2. The molecule has 1 N–H and O–H groups in total. The average Bonchev–Trinajstić information content (AvgIpc) is 2.87. The highest BCUT2D eigenvalue weighted by atomic mass is 16.4. The van der Waals surface area contributed by atoms with Crippen molar-refractivity contribution in [3.63, 3.8) is 0 Å². The topological polar surface area (TPSA) is 66.0 Å². The van der Waals surface area contributed by atoms with E-state index in [1.165, 1.54) is 0 Å². The smallest absolute Gasteiger partial charge is 0.337 e. The van der Waals surface area contributed by atoms with E-state index in [2.05, 4.69) is 6.07 Å². The fraction of sp³-hybridized carbons (Fsp3) is 0.0588. The minimum atomic E-state index is -0.946. The van der Waals surface area contributed by atoms with Gasteiger partial charge in [-0.3, -0.25) is 0 Å². The lowest BCUT2D eigenvalue weighted by atomic mass is 10.1. The van der Waals surface area contributed by atoms with E-state index in [-0.39, 0.29) is 5.56 Å². The van der Waals surface area contributed by atoms with Gasteiger partial charge < -0.3 is 9.67 Å². The number of fused-ring (bicyclic) bond motifs is 1. The predicted molar refractivity (Wildman–Crippen MR) is 79.2 cm³/mol. The maximum Gasteiger partial charge on any atom is 0.337 e. The highest BCUT2D eigenvalue weighted by Gasteiger charge is 2.14. The summed E-state index contributed by atoms with van der Waals surface area (Å²) in [6.07, 6.45) is 1.63. The Morgan fingerprint density at radius 2 is 1.86 bits per heavy atom. The van der Waals surface area contributed by atoms with Crippen LogP contribution >= 0.6 is 0 Å². The highest BCUT2D eigenvalue weighted by molar-refractivity contribution is 6.03. The largest absolute Gasteiger partial charge is 0.478 e. The molecule has 0 radical (unpaired) electrons. The highest BCUT2D eigenvalue weighted by Crippen LogP contribution is 2.23. The number of para-hydroxylation sites is 1. The van der Waals surface area contributed by atoms with Crippen LogP contribution in [0.4, 0.5) is 0 Å². The number of rotatable bonds is 3. The molecule has 4 nitrogen and oxygen atoms in total. The fourth-order valence-electron chi connectivity index (χ4n) is 2.50. The first-order valence-electron chi connectivity index (χ1n) is 6.50. The number of aromatic carboxylic acids is 1. The van der Waals surface area contributed by atoms with Gasteiger partial charge in [0.05, 0.1) is 17.2 Å². The number of benzene rings is 2. The van der Waals surface area contributed by atoms with Crippen molar-refractivity contribution >= 4 is 16.9 Å². The number of nitrogens with zero attached hydrogens (tertiary/aromatic N) is 2. The zero-order valence-corrected chi connectivity index (χ0v) is 11.2. The van der Waals surface area contributed by atoms with Gasteiger partial charge in [-0.25, -0.2) is 4.79 Å². The molecule has 0 bridgehead atoms. The number of carboxylic acids is 1. The molecular formula is C17H12N2O2. The molecule has 0 unspecified atom stereocenters. The molecule has 2 aromatic carbocycles. The number of aromatic nitrogens is 1. The Kier molecular flexibility index (Phi) is 3.17. The molecule has 3 rings (SSSR count). The number of carboxylic acid groups (broad SMARTS) is 1. The van der Waals surface area contributed by atoms with Gasteiger partial charge in [0.2, 0.25) is 0 Å². The van der Waals surface area contributed by atoms with Gasteiger partial charge in [0.15, 0.2) is 0 Å². The van der Waals surface area contributed by atoms with E-state index in [1.807, 2.05) is 41.0 Å². The molecule has 4 heteroatoms. The molecule has 3 aromatic rings. The quantitative estimate of drug-likeness (QED) is 0.798. The van der Waals surface area contributed by atoms with Gasteiger partial charge in [-0.05, 0) is 17.7 Å². The van der Waals surface area contributed by atoms with Crippen molar-refractivity contribution in [2.24, 2.45) is 0 Å². The Hall–Kier alpha value is -3.06. The lowest BCUT2D eigenvalue weighted by Crippen LogP contribution is -2.00. The minimum absolute atomic E-state index is 0.278. The summed E-state index contributed by atoms with van der Waals surface area (Å²) in [5, 5.41) is 19.2. The van der Waals surface area contributed by atoms with Gasteiger partial charge in [-0.15, -0.1) is 0 Å². The van der Waals surface area contributed by atoms with Gasteiger partial charge in [0.1, 0.15) is 0 Å². The predicted octanol–water partition coefficient (Wildman–Crippen LogP) is 3.26. The van der Waals surface area contributed by atoms with Gasteiger partial charge in [0, 0.05) is 23.6 Å². The van der Waals surface area contributed by atoms with E-state index in [0.717, 1.165) is 11.1 Å². The minimum Gasteiger partial charge on any atom is -0.478 e. The Morgan fingerprint density at radius 3 is 2.62 bits per heavy atom. The second kappa shape index (κ2) is 5.14. The van der Waals surface area contributed by atoms with Crippen LogP contribution in [0.1, 0.15) is 21.5 Å². The number of hydrogen-bond donors (Lipinski definition) is 1. The molecule has 0 aliphatic carbocycles. The van der Waals surface area contributed by atoms with Crippen LogP contribution in [-0.4, -0.2) is 15.6 Å². The summed E-state index contributed by atoms with van der Waals surface area (Å²) < 4.78 is 1.87. The van der Waals surface area contributed by atoms with Crippen LogP contribution in [0, 0.1) is 11.3 Å². The summed E-state index contributed by atoms with van der Waals surface area (Å²) in [6, 6.07) is 16.9. The fourth-order valence-corrected chi connectivity index (χ4v) is 2.50. The average molecular weight is 276 g/mol. The van der Waals surface area contributed by atoms with Crippen LogP contribution in [0.5, 0.6) is 0 Å². The van der Waals surface area contributed by atoms with E-state index < -0.39 is 5.97 Å². The summed E-state index contributed by atoms with van der Waals surface area (Å²) in [4.78, 5) is 11.3. The third-order valence-electron chi connectivity index (χ3n) is 3.50. The maximum atomic E-state index is 11.3. The molecule has 0 spiro atoms. The molecule has 0 fully saturated rings. The molecular weight excluding hydrogens is 264 g/mol. The lowest BCUT2D eigenvalue weighted by Gasteiger charge is -2.07. The first-order chi connectivity index (χ1) is 10.2. The summed E-state index contributed by atoms with van der Waals surface area (Å²) in [6.45, 7) is 0.470. The van der Waals surface area contributed by atoms with Crippen LogP contribution in [-0.2, 0) is 6.54 Å². The maximum absolute atomic E-state index is 11.3. The molecule has 0 saturated heterocycles. The van der Waals surface area contributed by atoms with E-state index >= 15 is 0 Å². The molecule has 102 valence electrons. The lowest BCUT2D eigenvalue weighted by molar-refractivity contribution is 0.0699. The normalized spacial score (nSPS) is 10.4. The second-order valence-corrected chi connectivity index (χ2v) is 4.76. The number of carbonyl (C=O) groups is 1. The summed E-state index contributed by atoms with van der Waals surface area (Å²) in [5.41, 5.74) is 2.60. The van der Waals surface area contributed by atoms with Crippen LogP contribution < -0.4 is 0 Å².